The van der Waals surface area contributed by atoms with Crippen molar-refractivity contribution in [3.8, 4) is 11.8 Å². The molecule has 0 spiro atoms. The lowest BCUT2D eigenvalue weighted by Gasteiger charge is -2.42. The highest BCUT2D eigenvalue weighted by atomic mass is 19.1. The smallest absolute Gasteiger partial charge is 0.142 e. The van der Waals surface area contributed by atoms with Gasteiger partial charge in [0.2, 0.25) is 0 Å². The second-order valence-corrected chi connectivity index (χ2v) is 9.09. The molecule has 152 valence electrons. The molecule has 2 fully saturated rings. The predicted octanol–water partition coefficient (Wildman–Crippen LogP) is 7.38. The molecule has 29 heavy (non-hydrogen) atoms. The fraction of sp³-hybridized carbons (Fsp3) is 0.481. The Morgan fingerprint density at radius 2 is 1.52 bits per heavy atom. The van der Waals surface area contributed by atoms with Crippen LogP contribution in [0.3, 0.4) is 0 Å². The summed E-state index contributed by atoms with van der Waals surface area (Å²) in [4.78, 5) is 0. The maximum absolute atomic E-state index is 14.7. The van der Waals surface area contributed by atoms with Crippen LogP contribution in [0.5, 0.6) is 0 Å². The Morgan fingerprint density at radius 1 is 0.862 bits per heavy atom. The number of fused-ring (bicyclic) bond motifs is 1. The molecule has 0 aromatic heterocycles. The fourth-order valence-corrected chi connectivity index (χ4v) is 5.38. The maximum atomic E-state index is 14.7. The van der Waals surface area contributed by atoms with Crippen molar-refractivity contribution in [1.82, 2.24) is 0 Å². The van der Waals surface area contributed by atoms with Crippen LogP contribution in [-0.4, -0.2) is 0 Å². The Kier molecular flexibility index (Phi) is 6.04. The van der Waals surface area contributed by atoms with Crippen LogP contribution >= 0.6 is 0 Å². The molecule has 0 N–H and O–H groups in total. The number of aryl methyl sites for hydroxylation is 1. The molecule has 2 saturated carbocycles. The minimum atomic E-state index is -0.531. The van der Waals surface area contributed by atoms with E-state index in [-0.39, 0.29) is 11.5 Å². The predicted molar refractivity (Wildman–Crippen MR) is 115 cm³/mol. The van der Waals surface area contributed by atoms with Crippen molar-refractivity contribution in [2.24, 2.45) is 17.8 Å². The molecule has 0 nitrogen and oxygen atoms in total. The van der Waals surface area contributed by atoms with Gasteiger partial charge in [-0.15, -0.1) is 0 Å². The Morgan fingerprint density at radius 3 is 2.21 bits per heavy atom. The van der Waals surface area contributed by atoms with Gasteiger partial charge in [0, 0.05) is 5.56 Å². The summed E-state index contributed by atoms with van der Waals surface area (Å²) in [5.74, 6) is 7.23. The van der Waals surface area contributed by atoms with Crippen LogP contribution in [0.2, 0.25) is 0 Å². The van der Waals surface area contributed by atoms with Gasteiger partial charge >= 0.3 is 0 Å². The molecule has 2 aromatic rings. The third-order valence-electron chi connectivity index (χ3n) is 7.22. The van der Waals surface area contributed by atoms with E-state index < -0.39 is 11.6 Å². The van der Waals surface area contributed by atoms with E-state index in [1.54, 1.807) is 0 Å². The Bertz CT molecular complexity index is 893. The molecular weight excluding hydrogens is 362 g/mol. The average molecular weight is 393 g/mol. The van der Waals surface area contributed by atoms with Crippen LogP contribution < -0.4 is 0 Å². The second kappa shape index (κ2) is 8.70. The molecule has 4 unspecified atom stereocenters. The van der Waals surface area contributed by atoms with Crippen molar-refractivity contribution in [1.29, 1.82) is 0 Å². The first kappa shape index (κ1) is 20.1. The quantitative estimate of drug-likeness (QED) is 0.468. The van der Waals surface area contributed by atoms with Crippen molar-refractivity contribution in [3.63, 3.8) is 0 Å². The molecule has 0 amide bonds. The molecule has 4 atom stereocenters. The summed E-state index contributed by atoms with van der Waals surface area (Å²) in [6, 6.07) is 10.7. The van der Waals surface area contributed by atoms with Gasteiger partial charge in [-0.25, -0.2) is 8.78 Å². The lowest BCUT2D eigenvalue weighted by atomic mass is 9.63. The number of halogens is 2. The summed E-state index contributed by atoms with van der Waals surface area (Å²) < 4.78 is 29.4. The van der Waals surface area contributed by atoms with Gasteiger partial charge in [-0.2, -0.15) is 0 Å². The topological polar surface area (TPSA) is 0 Å². The molecule has 0 aliphatic heterocycles. The van der Waals surface area contributed by atoms with E-state index >= 15 is 0 Å². The van der Waals surface area contributed by atoms with E-state index in [0.29, 0.717) is 0 Å². The van der Waals surface area contributed by atoms with E-state index in [4.69, 9.17) is 0 Å². The third kappa shape index (κ3) is 4.55. The molecule has 2 aliphatic rings. The highest BCUT2D eigenvalue weighted by Crippen LogP contribution is 2.48. The van der Waals surface area contributed by atoms with E-state index in [1.165, 1.54) is 44.2 Å². The van der Waals surface area contributed by atoms with Gasteiger partial charge < -0.3 is 0 Å². The number of hydrogen-bond acceptors (Lipinski definition) is 0. The number of hydrogen-bond donors (Lipinski definition) is 0. The SMILES string of the molecule is CCC1CCC2CC(c3cc(F)c(C#Cc4ccc(C)cc4)c(F)c3)CCC2C1. The van der Waals surface area contributed by atoms with Gasteiger partial charge in [0.1, 0.15) is 11.6 Å². The monoisotopic (exact) mass is 392 g/mol. The summed E-state index contributed by atoms with van der Waals surface area (Å²) in [6.45, 7) is 4.30. The van der Waals surface area contributed by atoms with Crippen LogP contribution in [0.25, 0.3) is 0 Å². The van der Waals surface area contributed by atoms with E-state index in [0.717, 1.165) is 47.3 Å². The van der Waals surface area contributed by atoms with Gasteiger partial charge in [0.05, 0.1) is 5.56 Å². The first-order valence-corrected chi connectivity index (χ1v) is 11.1. The average Bonchev–Trinajstić information content (AvgIpc) is 2.73. The van der Waals surface area contributed by atoms with Gasteiger partial charge in [0.15, 0.2) is 0 Å². The second-order valence-electron chi connectivity index (χ2n) is 9.09. The highest BCUT2D eigenvalue weighted by molar-refractivity contribution is 5.46. The molecule has 2 aliphatic carbocycles. The summed E-state index contributed by atoms with van der Waals surface area (Å²) in [7, 11) is 0. The maximum Gasteiger partial charge on any atom is 0.142 e. The molecule has 0 heterocycles. The minimum Gasteiger partial charge on any atom is -0.206 e. The van der Waals surface area contributed by atoms with Gasteiger partial charge in [0.25, 0.3) is 0 Å². The van der Waals surface area contributed by atoms with Crippen molar-refractivity contribution < 1.29 is 8.78 Å². The summed E-state index contributed by atoms with van der Waals surface area (Å²) in [5, 5.41) is 0. The molecule has 0 bridgehead atoms. The zero-order valence-corrected chi connectivity index (χ0v) is 17.5. The number of benzene rings is 2. The zero-order chi connectivity index (χ0) is 20.4. The van der Waals surface area contributed by atoms with Crippen LogP contribution in [0, 0.1) is 48.2 Å². The largest absolute Gasteiger partial charge is 0.206 e. The van der Waals surface area contributed by atoms with E-state index in [2.05, 4.69) is 18.8 Å². The van der Waals surface area contributed by atoms with E-state index in [9.17, 15) is 8.78 Å². The normalized spacial score (nSPS) is 26.3. The van der Waals surface area contributed by atoms with Crippen LogP contribution in [-0.2, 0) is 0 Å². The van der Waals surface area contributed by atoms with Crippen LogP contribution in [0.15, 0.2) is 36.4 Å². The minimum absolute atomic E-state index is 0.119. The van der Waals surface area contributed by atoms with Gasteiger partial charge in [-0.3, -0.25) is 0 Å². The standard InChI is InChI=1S/C27H30F2/c1-3-19-8-10-22-15-23(12-11-21(22)14-19)24-16-26(28)25(27(29)17-24)13-9-20-6-4-18(2)5-7-20/h4-7,16-17,19,21-23H,3,8,10-12,14-15H2,1-2H3. The number of rotatable bonds is 2. The van der Waals surface area contributed by atoms with Crippen LogP contribution in [0.1, 0.15) is 80.0 Å². The lowest BCUT2D eigenvalue weighted by Crippen LogP contribution is -2.30. The summed E-state index contributed by atoms with van der Waals surface area (Å²) in [5.41, 5.74) is 2.60. The summed E-state index contributed by atoms with van der Waals surface area (Å²) >= 11 is 0. The van der Waals surface area contributed by atoms with Crippen molar-refractivity contribution in [3.05, 3.63) is 70.3 Å². The Labute approximate surface area is 173 Å². The molecule has 2 heteroatoms. The Hall–Kier alpha value is -2.14. The van der Waals surface area contributed by atoms with Gasteiger partial charge in [-0.1, -0.05) is 49.3 Å². The fourth-order valence-electron chi connectivity index (χ4n) is 5.38. The van der Waals surface area contributed by atoms with E-state index in [1.807, 2.05) is 31.2 Å². The van der Waals surface area contributed by atoms with Gasteiger partial charge in [-0.05, 0) is 92.5 Å². The molecule has 0 saturated heterocycles. The molecule has 0 radical (unpaired) electrons. The summed E-state index contributed by atoms with van der Waals surface area (Å²) in [6.07, 6.45) is 8.56. The van der Waals surface area contributed by atoms with Crippen LogP contribution in [0.4, 0.5) is 8.78 Å². The Balaban J connectivity index is 1.50. The third-order valence-corrected chi connectivity index (χ3v) is 7.22. The van der Waals surface area contributed by atoms with Crippen molar-refractivity contribution >= 4 is 0 Å². The lowest BCUT2D eigenvalue weighted by molar-refractivity contribution is 0.116. The van der Waals surface area contributed by atoms with Crippen molar-refractivity contribution in [2.75, 3.05) is 0 Å². The first-order chi connectivity index (χ1) is 14.0. The zero-order valence-electron chi connectivity index (χ0n) is 17.5. The molecule has 4 rings (SSSR count). The molecular formula is C27H30F2. The van der Waals surface area contributed by atoms with Crippen molar-refractivity contribution in [2.45, 2.75) is 64.7 Å². The molecule has 2 aromatic carbocycles. The highest BCUT2D eigenvalue weighted by Gasteiger charge is 2.35. The first-order valence-electron chi connectivity index (χ1n) is 11.1.